The van der Waals surface area contributed by atoms with Gasteiger partial charge in [-0.05, 0) is 60.6 Å². The van der Waals surface area contributed by atoms with Gasteiger partial charge in [0, 0.05) is 11.4 Å². The lowest BCUT2D eigenvalue weighted by molar-refractivity contribution is 0.474. The maximum absolute atomic E-state index is 13.4. The second-order valence-corrected chi connectivity index (χ2v) is 9.78. The van der Waals surface area contributed by atoms with E-state index in [9.17, 15) is 4.79 Å². The molecular weight excluding hydrogens is 390 g/mol. The van der Waals surface area contributed by atoms with Crippen LogP contribution in [0.5, 0.6) is 0 Å². The van der Waals surface area contributed by atoms with Crippen molar-refractivity contribution in [3.8, 4) is 6.07 Å². The van der Waals surface area contributed by atoms with Gasteiger partial charge < -0.3 is 0 Å². The molecule has 3 heterocycles. The van der Waals surface area contributed by atoms with Crippen LogP contribution in [0.15, 0.2) is 27.1 Å². The summed E-state index contributed by atoms with van der Waals surface area (Å²) in [5.74, 6) is 0.971. The van der Waals surface area contributed by atoms with Crippen LogP contribution in [0.1, 0.15) is 43.3 Å². The maximum atomic E-state index is 13.4. The van der Waals surface area contributed by atoms with Gasteiger partial charge in [0.2, 0.25) is 0 Å². The highest BCUT2D eigenvalue weighted by Gasteiger charge is 2.25. The number of fused-ring (bicyclic) bond motifs is 3. The monoisotopic (exact) mass is 411 g/mol. The fourth-order valence-electron chi connectivity index (χ4n) is 3.54. The lowest BCUT2D eigenvalue weighted by Crippen LogP contribution is -2.26. The van der Waals surface area contributed by atoms with Crippen LogP contribution in [0.2, 0.25) is 0 Å². The van der Waals surface area contributed by atoms with E-state index in [1.54, 1.807) is 28.0 Å². The van der Waals surface area contributed by atoms with Gasteiger partial charge in [0.05, 0.1) is 5.39 Å². The molecule has 0 radical (unpaired) electrons. The summed E-state index contributed by atoms with van der Waals surface area (Å²) in [6, 6.07) is 5.34. The van der Waals surface area contributed by atoms with Crippen LogP contribution in [-0.2, 0) is 19.4 Å². The Morgan fingerprint density at radius 2 is 2.21 bits per heavy atom. The summed E-state index contributed by atoms with van der Waals surface area (Å²) in [6.07, 6.45) is 3.12. The molecule has 8 heteroatoms. The van der Waals surface area contributed by atoms with Crippen molar-refractivity contribution in [2.24, 2.45) is 11.8 Å². The van der Waals surface area contributed by atoms with E-state index in [4.69, 9.17) is 10.2 Å². The number of thiophene rings is 1. The second kappa shape index (κ2) is 7.64. The first-order valence-electron chi connectivity index (χ1n) is 9.43. The summed E-state index contributed by atoms with van der Waals surface area (Å²) >= 11 is 2.99. The SMILES string of the molecule is CC(C)Cn1c(Sc2ccc(C#N)nn2)nc2sc3c(c2c1=O)CCC(C)C3. The molecule has 1 aliphatic rings. The molecule has 0 N–H and O–H groups in total. The van der Waals surface area contributed by atoms with Crippen molar-refractivity contribution >= 4 is 33.3 Å². The Bertz CT molecular complexity index is 1120. The van der Waals surface area contributed by atoms with Crippen molar-refractivity contribution in [1.82, 2.24) is 19.7 Å². The Kier molecular flexibility index (Phi) is 5.21. The second-order valence-electron chi connectivity index (χ2n) is 7.71. The van der Waals surface area contributed by atoms with Gasteiger partial charge in [-0.1, -0.05) is 20.8 Å². The summed E-state index contributed by atoms with van der Waals surface area (Å²) in [5, 5.41) is 18.9. The zero-order valence-electron chi connectivity index (χ0n) is 16.1. The van der Waals surface area contributed by atoms with Crippen LogP contribution in [0.25, 0.3) is 10.2 Å². The molecule has 0 saturated carbocycles. The van der Waals surface area contributed by atoms with Crippen molar-refractivity contribution in [2.75, 3.05) is 0 Å². The van der Waals surface area contributed by atoms with Crippen LogP contribution in [0.4, 0.5) is 0 Å². The zero-order chi connectivity index (χ0) is 19.8. The highest BCUT2D eigenvalue weighted by Crippen LogP contribution is 2.37. The highest BCUT2D eigenvalue weighted by molar-refractivity contribution is 7.99. The van der Waals surface area contributed by atoms with E-state index < -0.39 is 0 Å². The predicted molar refractivity (Wildman–Crippen MR) is 111 cm³/mol. The Balaban J connectivity index is 1.84. The molecule has 144 valence electrons. The standard InChI is InChI=1S/C20H21N5OS2/c1-11(2)10-25-19(26)17-14-6-4-12(3)8-15(14)27-18(17)22-20(25)28-16-7-5-13(9-21)23-24-16/h5,7,11-12H,4,6,8,10H2,1-3H3. The van der Waals surface area contributed by atoms with Crippen LogP contribution in [-0.4, -0.2) is 19.7 Å². The number of rotatable bonds is 4. The first-order chi connectivity index (χ1) is 13.5. The molecule has 1 atom stereocenters. The number of nitrogens with zero attached hydrogens (tertiary/aromatic N) is 5. The summed E-state index contributed by atoms with van der Waals surface area (Å²) in [6.45, 7) is 7.06. The minimum Gasteiger partial charge on any atom is -0.286 e. The Morgan fingerprint density at radius 1 is 1.39 bits per heavy atom. The molecule has 3 aromatic rings. The first kappa shape index (κ1) is 19.1. The van der Waals surface area contributed by atoms with Crippen molar-refractivity contribution in [3.63, 3.8) is 0 Å². The molecule has 3 aromatic heterocycles. The van der Waals surface area contributed by atoms with Gasteiger partial charge in [-0.25, -0.2) is 4.98 Å². The van der Waals surface area contributed by atoms with E-state index >= 15 is 0 Å². The first-order valence-corrected chi connectivity index (χ1v) is 11.1. The molecule has 1 unspecified atom stereocenters. The van der Waals surface area contributed by atoms with Gasteiger partial charge in [-0.2, -0.15) is 5.26 Å². The normalized spacial score (nSPS) is 16.3. The molecular formula is C20H21N5OS2. The smallest absolute Gasteiger partial charge is 0.263 e. The third-order valence-electron chi connectivity index (χ3n) is 4.88. The van der Waals surface area contributed by atoms with E-state index in [0.717, 1.165) is 29.5 Å². The van der Waals surface area contributed by atoms with Crippen LogP contribution >= 0.6 is 23.1 Å². The Morgan fingerprint density at radius 3 is 2.89 bits per heavy atom. The van der Waals surface area contributed by atoms with Crippen LogP contribution in [0.3, 0.4) is 0 Å². The van der Waals surface area contributed by atoms with Crippen molar-refractivity contribution < 1.29 is 0 Å². The molecule has 0 amide bonds. The van der Waals surface area contributed by atoms with Gasteiger partial charge >= 0.3 is 0 Å². The fourth-order valence-corrected chi connectivity index (χ4v) is 5.78. The van der Waals surface area contributed by atoms with Crippen molar-refractivity contribution in [3.05, 3.63) is 38.6 Å². The summed E-state index contributed by atoms with van der Waals surface area (Å²) in [4.78, 5) is 20.4. The molecule has 0 bridgehead atoms. The maximum Gasteiger partial charge on any atom is 0.263 e. The average Bonchev–Trinajstić information content (AvgIpc) is 3.02. The van der Waals surface area contributed by atoms with Crippen LogP contribution < -0.4 is 5.56 Å². The summed E-state index contributed by atoms with van der Waals surface area (Å²) in [7, 11) is 0. The lowest BCUT2D eigenvalue weighted by Gasteiger charge is -2.18. The van der Waals surface area contributed by atoms with Crippen molar-refractivity contribution in [1.29, 1.82) is 5.26 Å². The molecule has 0 aromatic carbocycles. The van der Waals surface area contributed by atoms with Gasteiger partial charge in [0.25, 0.3) is 5.56 Å². The molecule has 6 nitrogen and oxygen atoms in total. The zero-order valence-corrected chi connectivity index (χ0v) is 17.7. The third-order valence-corrected chi connectivity index (χ3v) is 6.95. The Labute approximate surface area is 171 Å². The molecule has 0 fully saturated rings. The van der Waals surface area contributed by atoms with Crippen LogP contribution in [0, 0.1) is 23.2 Å². The molecule has 0 saturated heterocycles. The number of hydrogen-bond acceptors (Lipinski definition) is 7. The number of nitriles is 1. The minimum absolute atomic E-state index is 0.0508. The van der Waals surface area contributed by atoms with Gasteiger partial charge in [0.15, 0.2) is 10.9 Å². The fraction of sp³-hybridized carbons (Fsp3) is 0.450. The molecule has 4 rings (SSSR count). The topological polar surface area (TPSA) is 84.5 Å². The molecule has 0 spiro atoms. The number of hydrogen-bond donors (Lipinski definition) is 0. The summed E-state index contributed by atoms with van der Waals surface area (Å²) in [5.41, 5.74) is 1.53. The molecule has 0 aliphatic heterocycles. The summed E-state index contributed by atoms with van der Waals surface area (Å²) < 4.78 is 1.78. The van der Waals surface area contributed by atoms with Crippen molar-refractivity contribution in [2.45, 2.75) is 56.8 Å². The van der Waals surface area contributed by atoms with E-state index in [1.165, 1.54) is 22.2 Å². The largest absolute Gasteiger partial charge is 0.286 e. The highest BCUT2D eigenvalue weighted by atomic mass is 32.2. The Hall–Kier alpha value is -2.24. The van der Waals surface area contributed by atoms with Gasteiger partial charge in [-0.15, -0.1) is 21.5 Å². The minimum atomic E-state index is 0.0508. The quantitative estimate of drug-likeness (QED) is 0.602. The number of aryl methyl sites for hydroxylation is 1. The molecule has 28 heavy (non-hydrogen) atoms. The van der Waals surface area contributed by atoms with Gasteiger partial charge in [0.1, 0.15) is 15.9 Å². The van der Waals surface area contributed by atoms with E-state index in [-0.39, 0.29) is 11.3 Å². The number of aromatic nitrogens is 4. The van der Waals surface area contributed by atoms with Gasteiger partial charge in [-0.3, -0.25) is 9.36 Å². The predicted octanol–water partition coefficient (Wildman–Crippen LogP) is 4.05. The molecule has 1 aliphatic carbocycles. The van der Waals surface area contributed by atoms with E-state index in [0.29, 0.717) is 28.6 Å². The third kappa shape index (κ3) is 3.56. The lowest BCUT2D eigenvalue weighted by atomic mass is 9.89. The van der Waals surface area contributed by atoms with E-state index in [1.807, 2.05) is 6.07 Å². The average molecular weight is 412 g/mol. The van der Waals surface area contributed by atoms with E-state index in [2.05, 4.69) is 31.0 Å².